The van der Waals surface area contributed by atoms with Gasteiger partial charge in [-0.3, -0.25) is 10.1 Å². The molecule has 0 unspecified atom stereocenters. The molecule has 1 N–H and O–H groups in total. The first kappa shape index (κ1) is 13.5. The van der Waals surface area contributed by atoms with Crippen LogP contribution in [0, 0.1) is 11.3 Å². The maximum Gasteiger partial charge on any atom is 0.258 e. The molecule has 0 saturated heterocycles. The van der Waals surface area contributed by atoms with E-state index in [4.69, 9.17) is 10.00 Å². The van der Waals surface area contributed by atoms with E-state index < -0.39 is 0 Å². The number of amides is 1. The molecule has 1 aromatic carbocycles. The van der Waals surface area contributed by atoms with Gasteiger partial charge in [-0.15, -0.1) is 0 Å². The summed E-state index contributed by atoms with van der Waals surface area (Å²) in [4.78, 5) is 16.5. The molecule has 0 aliphatic rings. The van der Waals surface area contributed by atoms with E-state index >= 15 is 0 Å². The highest BCUT2D eigenvalue weighted by Crippen LogP contribution is 2.24. The Morgan fingerprint density at radius 1 is 1.58 bits per heavy atom. The first-order valence-corrected chi connectivity index (χ1v) is 6.76. The molecule has 5 nitrogen and oxygen atoms in total. The molecule has 96 valence electrons. The molecule has 19 heavy (non-hydrogen) atoms. The fourth-order valence-corrected chi connectivity index (χ4v) is 2.39. The first-order chi connectivity index (χ1) is 9.13. The lowest BCUT2D eigenvalue weighted by atomic mass is 10.2. The van der Waals surface area contributed by atoms with Crippen LogP contribution in [0.1, 0.15) is 15.2 Å². The Bertz CT molecular complexity index is 663. The molecule has 1 amide bonds. The van der Waals surface area contributed by atoms with Crippen LogP contribution in [-0.2, 0) is 0 Å². The molecule has 0 spiro atoms. The van der Waals surface area contributed by atoms with Crippen LogP contribution in [0.5, 0.6) is 5.75 Å². The van der Waals surface area contributed by atoms with Crippen LogP contribution in [-0.4, -0.2) is 18.0 Å². The topological polar surface area (TPSA) is 75.0 Å². The minimum atomic E-state index is -0.315. The minimum absolute atomic E-state index is 0.315. The quantitative estimate of drug-likeness (QED) is 0.933. The van der Waals surface area contributed by atoms with Gasteiger partial charge >= 0.3 is 0 Å². The highest BCUT2D eigenvalue weighted by Gasteiger charge is 2.13. The zero-order chi connectivity index (χ0) is 13.8. The smallest absolute Gasteiger partial charge is 0.258 e. The molecule has 0 aliphatic carbocycles. The Hall–Kier alpha value is -1.91. The van der Waals surface area contributed by atoms with Crippen molar-refractivity contribution in [1.29, 1.82) is 5.26 Å². The molecule has 0 saturated carbocycles. The summed E-state index contributed by atoms with van der Waals surface area (Å²) in [6.45, 7) is 0. The number of benzene rings is 1. The van der Waals surface area contributed by atoms with E-state index in [0.717, 1.165) is 11.3 Å². The summed E-state index contributed by atoms with van der Waals surface area (Å²) in [7, 11) is 1.53. The number of nitrogens with one attached hydrogen (secondary N) is 1. The van der Waals surface area contributed by atoms with E-state index in [9.17, 15) is 4.79 Å². The van der Waals surface area contributed by atoms with Crippen molar-refractivity contribution >= 4 is 38.3 Å². The van der Waals surface area contributed by atoms with Crippen molar-refractivity contribution in [1.82, 2.24) is 4.98 Å². The van der Waals surface area contributed by atoms with Crippen LogP contribution >= 0.6 is 27.3 Å². The van der Waals surface area contributed by atoms with Gasteiger partial charge in [0.15, 0.2) is 5.13 Å². The van der Waals surface area contributed by atoms with Crippen LogP contribution < -0.4 is 10.1 Å². The molecular formula is C12H8BrN3O2S. The number of nitrogens with zero attached hydrogens (tertiary/aromatic N) is 2. The zero-order valence-electron chi connectivity index (χ0n) is 9.81. The molecular weight excluding hydrogens is 330 g/mol. The lowest BCUT2D eigenvalue weighted by molar-refractivity contribution is 0.102. The fraction of sp³-hybridized carbons (Fsp3) is 0.0833. The molecule has 1 aromatic heterocycles. The Morgan fingerprint density at radius 2 is 2.37 bits per heavy atom. The average Bonchev–Trinajstić information content (AvgIpc) is 2.87. The number of thiazole rings is 1. The summed E-state index contributed by atoms with van der Waals surface area (Å²) < 4.78 is 5.73. The molecule has 0 fully saturated rings. The number of nitriles is 1. The van der Waals surface area contributed by atoms with Gasteiger partial charge in [-0.1, -0.05) is 11.3 Å². The van der Waals surface area contributed by atoms with Crippen LogP contribution in [0.4, 0.5) is 5.13 Å². The molecule has 2 aromatic rings. The fourth-order valence-electron chi connectivity index (χ4n) is 1.35. The van der Waals surface area contributed by atoms with Gasteiger partial charge in [0, 0.05) is 4.47 Å². The number of methoxy groups -OCH3 is 1. The van der Waals surface area contributed by atoms with Crippen molar-refractivity contribution in [3.8, 4) is 11.8 Å². The molecule has 0 radical (unpaired) electrons. The van der Waals surface area contributed by atoms with Gasteiger partial charge in [-0.05, 0) is 34.1 Å². The molecule has 1 heterocycles. The number of carbonyl (C=O) groups is 1. The standard InChI is InChI=1S/C12H8BrN3O2S/c1-18-7-2-3-10(13)9(4-7)11(17)16-12-15-6-8(5-14)19-12/h2-4,6H,1H3,(H,15,16,17). The Balaban J connectivity index is 2.22. The number of hydrogen-bond acceptors (Lipinski definition) is 5. The predicted molar refractivity (Wildman–Crippen MR) is 75.5 cm³/mol. The van der Waals surface area contributed by atoms with Crippen molar-refractivity contribution in [2.24, 2.45) is 0 Å². The van der Waals surface area contributed by atoms with Gasteiger partial charge in [0.05, 0.1) is 18.9 Å². The molecule has 0 bridgehead atoms. The van der Waals surface area contributed by atoms with Crippen molar-refractivity contribution in [3.63, 3.8) is 0 Å². The van der Waals surface area contributed by atoms with E-state index in [2.05, 4.69) is 26.2 Å². The number of anilines is 1. The van der Waals surface area contributed by atoms with E-state index in [-0.39, 0.29) is 5.91 Å². The average molecular weight is 338 g/mol. The van der Waals surface area contributed by atoms with E-state index in [1.807, 2.05) is 6.07 Å². The molecule has 2 rings (SSSR count). The van der Waals surface area contributed by atoms with Gasteiger partial charge < -0.3 is 4.74 Å². The maximum atomic E-state index is 12.1. The van der Waals surface area contributed by atoms with E-state index in [1.165, 1.54) is 13.3 Å². The Labute approximate surface area is 122 Å². The Morgan fingerprint density at radius 3 is 3.00 bits per heavy atom. The van der Waals surface area contributed by atoms with Crippen LogP contribution in [0.25, 0.3) is 0 Å². The monoisotopic (exact) mass is 337 g/mol. The third-order valence-electron chi connectivity index (χ3n) is 2.25. The minimum Gasteiger partial charge on any atom is -0.497 e. The highest BCUT2D eigenvalue weighted by molar-refractivity contribution is 9.10. The second kappa shape index (κ2) is 5.82. The largest absolute Gasteiger partial charge is 0.497 e. The lowest BCUT2D eigenvalue weighted by Crippen LogP contribution is -2.12. The van der Waals surface area contributed by atoms with Crippen molar-refractivity contribution < 1.29 is 9.53 Å². The first-order valence-electron chi connectivity index (χ1n) is 5.15. The van der Waals surface area contributed by atoms with Gasteiger partial charge in [-0.25, -0.2) is 4.98 Å². The van der Waals surface area contributed by atoms with Crippen LogP contribution in [0.2, 0.25) is 0 Å². The summed E-state index contributed by atoms with van der Waals surface area (Å²) in [5.41, 5.74) is 0.438. The number of aromatic nitrogens is 1. The van der Waals surface area contributed by atoms with Gasteiger partial charge in [0.2, 0.25) is 0 Å². The summed E-state index contributed by atoms with van der Waals surface area (Å²) >= 11 is 4.43. The van der Waals surface area contributed by atoms with Crippen molar-refractivity contribution in [2.45, 2.75) is 0 Å². The number of ether oxygens (including phenoxy) is 1. The number of rotatable bonds is 3. The van der Waals surface area contributed by atoms with Crippen molar-refractivity contribution in [3.05, 3.63) is 39.3 Å². The normalized spacial score (nSPS) is 9.74. The third kappa shape index (κ3) is 3.10. The number of hydrogen-bond donors (Lipinski definition) is 1. The summed E-state index contributed by atoms with van der Waals surface area (Å²) in [6, 6.07) is 7.07. The van der Waals surface area contributed by atoms with E-state index in [1.54, 1.807) is 18.2 Å². The summed E-state index contributed by atoms with van der Waals surface area (Å²) in [6.07, 6.45) is 1.42. The predicted octanol–water partition coefficient (Wildman–Crippen LogP) is 3.04. The SMILES string of the molecule is COc1ccc(Br)c(C(=O)Nc2ncc(C#N)s2)c1. The van der Waals surface area contributed by atoms with Crippen LogP contribution in [0.3, 0.4) is 0 Å². The third-order valence-corrected chi connectivity index (χ3v) is 3.76. The maximum absolute atomic E-state index is 12.1. The molecule has 0 aliphatic heterocycles. The van der Waals surface area contributed by atoms with Crippen LogP contribution in [0.15, 0.2) is 28.9 Å². The van der Waals surface area contributed by atoms with E-state index in [0.29, 0.717) is 25.8 Å². The Kier molecular flexibility index (Phi) is 4.14. The second-order valence-corrected chi connectivity index (χ2v) is 5.33. The van der Waals surface area contributed by atoms with Gasteiger partial charge in [0.25, 0.3) is 5.91 Å². The molecule has 0 atom stereocenters. The van der Waals surface area contributed by atoms with Gasteiger partial charge in [-0.2, -0.15) is 5.26 Å². The number of carbonyl (C=O) groups excluding carboxylic acids is 1. The second-order valence-electron chi connectivity index (χ2n) is 3.44. The molecule has 7 heteroatoms. The van der Waals surface area contributed by atoms with Crippen molar-refractivity contribution in [2.75, 3.05) is 12.4 Å². The number of halogens is 1. The zero-order valence-corrected chi connectivity index (χ0v) is 12.2. The summed E-state index contributed by atoms with van der Waals surface area (Å²) in [5.74, 6) is 0.273. The lowest BCUT2D eigenvalue weighted by Gasteiger charge is -2.06. The summed E-state index contributed by atoms with van der Waals surface area (Å²) in [5, 5.41) is 11.7. The van der Waals surface area contributed by atoms with Gasteiger partial charge in [0.1, 0.15) is 16.7 Å². The highest BCUT2D eigenvalue weighted by atomic mass is 79.9.